The van der Waals surface area contributed by atoms with Crippen molar-refractivity contribution in [1.82, 2.24) is 4.90 Å². The fourth-order valence-electron chi connectivity index (χ4n) is 0.870. The standard InChI is InChI=1S/C7H10N2O/c1-6-4-2-3-5-9(6)7(8)10/h2-6H,1H3,(H2,8,10). The maximum Gasteiger partial charge on any atom is 0.319 e. The number of amides is 2. The Hall–Kier alpha value is -1.25. The molecule has 0 aromatic rings. The zero-order chi connectivity index (χ0) is 7.56. The SMILES string of the molecule is CC1C=CC=CN1C(N)=O. The van der Waals surface area contributed by atoms with E-state index in [0.29, 0.717) is 0 Å². The molecule has 10 heavy (non-hydrogen) atoms. The summed E-state index contributed by atoms with van der Waals surface area (Å²) in [6, 6.07) is -0.324. The summed E-state index contributed by atoms with van der Waals surface area (Å²) in [5.74, 6) is 0. The predicted molar refractivity (Wildman–Crippen MR) is 39.2 cm³/mol. The summed E-state index contributed by atoms with van der Waals surface area (Å²) in [5.41, 5.74) is 5.06. The lowest BCUT2D eigenvalue weighted by Gasteiger charge is -2.22. The Kier molecular flexibility index (Phi) is 1.76. The van der Waals surface area contributed by atoms with E-state index in [-0.39, 0.29) is 6.04 Å². The van der Waals surface area contributed by atoms with Crippen LogP contribution in [0.15, 0.2) is 24.4 Å². The number of carbonyl (C=O) groups excluding carboxylic acids is 1. The van der Waals surface area contributed by atoms with Gasteiger partial charge >= 0.3 is 6.03 Å². The van der Waals surface area contributed by atoms with Gasteiger partial charge in [-0.3, -0.25) is 4.90 Å². The molecule has 1 rings (SSSR count). The molecule has 0 aliphatic carbocycles. The van der Waals surface area contributed by atoms with E-state index >= 15 is 0 Å². The Labute approximate surface area is 59.8 Å². The Morgan fingerprint density at radius 3 is 2.70 bits per heavy atom. The van der Waals surface area contributed by atoms with Crippen LogP contribution in [0.1, 0.15) is 6.92 Å². The molecule has 54 valence electrons. The molecule has 3 heteroatoms. The quantitative estimate of drug-likeness (QED) is 0.529. The van der Waals surface area contributed by atoms with E-state index in [1.54, 1.807) is 12.3 Å². The second-order valence-corrected chi connectivity index (χ2v) is 2.21. The lowest BCUT2D eigenvalue weighted by molar-refractivity contribution is 0.219. The van der Waals surface area contributed by atoms with Crippen LogP contribution in [0, 0.1) is 0 Å². The zero-order valence-corrected chi connectivity index (χ0v) is 5.82. The topological polar surface area (TPSA) is 46.3 Å². The second-order valence-electron chi connectivity index (χ2n) is 2.21. The number of hydrogen-bond acceptors (Lipinski definition) is 1. The molecule has 0 aromatic heterocycles. The van der Waals surface area contributed by atoms with E-state index in [4.69, 9.17) is 5.73 Å². The molecule has 0 radical (unpaired) electrons. The summed E-state index contributed by atoms with van der Waals surface area (Å²) in [6.07, 6.45) is 7.26. The summed E-state index contributed by atoms with van der Waals surface area (Å²) in [4.78, 5) is 12.1. The maximum atomic E-state index is 10.6. The first-order chi connectivity index (χ1) is 4.72. The minimum atomic E-state index is -0.409. The highest BCUT2D eigenvalue weighted by atomic mass is 16.2. The van der Waals surface area contributed by atoms with E-state index in [1.165, 1.54) is 4.90 Å². The molecule has 0 bridgehead atoms. The summed E-state index contributed by atoms with van der Waals surface area (Å²) in [7, 11) is 0. The molecular weight excluding hydrogens is 128 g/mol. The summed E-state index contributed by atoms with van der Waals surface area (Å²) >= 11 is 0. The Balaban J connectivity index is 2.70. The van der Waals surface area contributed by atoms with Crippen molar-refractivity contribution in [2.24, 2.45) is 5.73 Å². The lowest BCUT2D eigenvalue weighted by Crippen LogP contribution is -2.37. The van der Waals surface area contributed by atoms with Crippen LogP contribution in [0.25, 0.3) is 0 Å². The fourth-order valence-corrected chi connectivity index (χ4v) is 0.870. The van der Waals surface area contributed by atoms with Crippen LogP contribution in [-0.2, 0) is 0 Å². The Morgan fingerprint density at radius 2 is 2.30 bits per heavy atom. The van der Waals surface area contributed by atoms with Crippen LogP contribution >= 0.6 is 0 Å². The van der Waals surface area contributed by atoms with E-state index in [2.05, 4.69) is 0 Å². The number of urea groups is 1. The number of nitrogens with two attached hydrogens (primary N) is 1. The molecule has 0 saturated carbocycles. The molecule has 1 aliphatic rings. The van der Waals surface area contributed by atoms with Gasteiger partial charge in [-0.2, -0.15) is 0 Å². The molecule has 1 aliphatic heterocycles. The van der Waals surface area contributed by atoms with Gasteiger partial charge in [-0.1, -0.05) is 12.2 Å². The lowest BCUT2D eigenvalue weighted by atomic mass is 10.2. The van der Waals surface area contributed by atoms with Crippen molar-refractivity contribution in [2.75, 3.05) is 0 Å². The largest absolute Gasteiger partial charge is 0.351 e. The van der Waals surface area contributed by atoms with Crippen molar-refractivity contribution in [2.45, 2.75) is 13.0 Å². The third-order valence-electron chi connectivity index (χ3n) is 1.44. The van der Waals surface area contributed by atoms with Gasteiger partial charge in [0.2, 0.25) is 0 Å². The maximum absolute atomic E-state index is 10.6. The highest BCUT2D eigenvalue weighted by molar-refractivity contribution is 5.74. The number of rotatable bonds is 0. The second kappa shape index (κ2) is 2.56. The zero-order valence-electron chi connectivity index (χ0n) is 5.82. The molecular formula is C7H10N2O. The Bertz CT molecular complexity index is 196. The van der Waals surface area contributed by atoms with Gasteiger partial charge in [-0.25, -0.2) is 4.79 Å². The van der Waals surface area contributed by atoms with Gasteiger partial charge in [-0.15, -0.1) is 0 Å². The van der Waals surface area contributed by atoms with Gasteiger partial charge in [0.25, 0.3) is 0 Å². The monoisotopic (exact) mass is 138 g/mol. The smallest absolute Gasteiger partial charge is 0.319 e. The third kappa shape index (κ3) is 1.18. The van der Waals surface area contributed by atoms with Crippen molar-refractivity contribution in [3.05, 3.63) is 24.4 Å². The predicted octanol–water partition coefficient (Wildman–Crippen LogP) is 0.839. The molecule has 1 atom stereocenters. The van der Waals surface area contributed by atoms with Crippen molar-refractivity contribution in [3.8, 4) is 0 Å². The van der Waals surface area contributed by atoms with Crippen LogP contribution in [0.5, 0.6) is 0 Å². The van der Waals surface area contributed by atoms with Gasteiger partial charge < -0.3 is 5.73 Å². The minimum absolute atomic E-state index is 0.0856. The van der Waals surface area contributed by atoms with Crippen LogP contribution in [0.4, 0.5) is 4.79 Å². The molecule has 2 N–H and O–H groups in total. The highest BCUT2D eigenvalue weighted by Crippen LogP contribution is 2.05. The summed E-state index contributed by atoms with van der Waals surface area (Å²) in [6.45, 7) is 1.91. The summed E-state index contributed by atoms with van der Waals surface area (Å²) in [5, 5.41) is 0. The van der Waals surface area contributed by atoms with Gasteiger partial charge in [0.15, 0.2) is 0 Å². The normalized spacial score (nSPS) is 23.3. The van der Waals surface area contributed by atoms with Crippen LogP contribution < -0.4 is 5.73 Å². The van der Waals surface area contributed by atoms with Crippen molar-refractivity contribution >= 4 is 6.03 Å². The van der Waals surface area contributed by atoms with Crippen molar-refractivity contribution < 1.29 is 4.79 Å². The van der Waals surface area contributed by atoms with Gasteiger partial charge in [-0.05, 0) is 13.0 Å². The van der Waals surface area contributed by atoms with E-state index in [0.717, 1.165) is 0 Å². The number of primary amides is 1. The van der Waals surface area contributed by atoms with Crippen LogP contribution in [0.2, 0.25) is 0 Å². The molecule has 3 nitrogen and oxygen atoms in total. The van der Waals surface area contributed by atoms with Gasteiger partial charge in [0.1, 0.15) is 0 Å². The van der Waals surface area contributed by atoms with Crippen LogP contribution in [0.3, 0.4) is 0 Å². The summed E-state index contributed by atoms with van der Waals surface area (Å²) < 4.78 is 0. The van der Waals surface area contributed by atoms with Gasteiger partial charge in [0.05, 0.1) is 6.04 Å². The number of allylic oxidation sites excluding steroid dienone is 2. The van der Waals surface area contributed by atoms with E-state index in [1.807, 2.05) is 19.1 Å². The first-order valence-electron chi connectivity index (χ1n) is 3.14. The molecule has 0 saturated heterocycles. The fraction of sp³-hybridized carbons (Fsp3) is 0.286. The average Bonchev–Trinajstić information content (AvgIpc) is 1.88. The highest BCUT2D eigenvalue weighted by Gasteiger charge is 2.12. The number of nitrogens with zero attached hydrogens (tertiary/aromatic N) is 1. The number of hydrogen-bond donors (Lipinski definition) is 1. The van der Waals surface area contributed by atoms with Gasteiger partial charge in [0, 0.05) is 6.20 Å². The third-order valence-corrected chi connectivity index (χ3v) is 1.44. The molecule has 2 amide bonds. The first kappa shape index (κ1) is 6.86. The molecule has 0 aromatic carbocycles. The average molecular weight is 138 g/mol. The first-order valence-corrected chi connectivity index (χ1v) is 3.14. The van der Waals surface area contributed by atoms with Crippen LogP contribution in [-0.4, -0.2) is 17.0 Å². The Morgan fingerprint density at radius 1 is 1.60 bits per heavy atom. The van der Waals surface area contributed by atoms with Crippen molar-refractivity contribution in [3.63, 3.8) is 0 Å². The molecule has 0 fully saturated rings. The number of carbonyl (C=O) groups is 1. The molecule has 1 heterocycles. The molecule has 1 unspecified atom stereocenters. The van der Waals surface area contributed by atoms with E-state index in [9.17, 15) is 4.79 Å². The molecule has 0 spiro atoms. The van der Waals surface area contributed by atoms with Crippen molar-refractivity contribution in [1.29, 1.82) is 0 Å². The van der Waals surface area contributed by atoms with E-state index < -0.39 is 6.03 Å². The minimum Gasteiger partial charge on any atom is -0.351 e.